The minimum absolute atomic E-state index is 0.0500. The van der Waals surface area contributed by atoms with E-state index in [-0.39, 0.29) is 31.9 Å². The number of benzene rings is 1. The number of carbonyl (C=O) groups excluding carboxylic acids is 1. The van der Waals surface area contributed by atoms with Crippen molar-refractivity contribution in [2.45, 2.75) is 25.9 Å². The standard InChI is InChI=1S/C16H21F3N2O3S/c1-2-3-12-25(23,24)21-10-8-20(9-11-21)15(22)13-6-4-5-7-14(13)16(17,18)19/h4-7H,2-3,8-12H2,1H3. The number of rotatable bonds is 5. The third kappa shape index (κ3) is 4.72. The molecule has 1 fully saturated rings. The highest BCUT2D eigenvalue weighted by molar-refractivity contribution is 7.89. The smallest absolute Gasteiger partial charge is 0.336 e. The van der Waals surface area contributed by atoms with Crippen LogP contribution in [0.1, 0.15) is 35.7 Å². The van der Waals surface area contributed by atoms with Crippen LogP contribution in [0.3, 0.4) is 0 Å². The van der Waals surface area contributed by atoms with E-state index in [9.17, 15) is 26.4 Å². The summed E-state index contributed by atoms with van der Waals surface area (Å²) in [5, 5.41) is 0. The largest absolute Gasteiger partial charge is 0.417 e. The molecule has 0 saturated carbocycles. The van der Waals surface area contributed by atoms with Gasteiger partial charge < -0.3 is 4.90 Å². The van der Waals surface area contributed by atoms with Gasteiger partial charge in [0.15, 0.2) is 0 Å². The van der Waals surface area contributed by atoms with Crippen molar-refractivity contribution in [3.05, 3.63) is 35.4 Å². The second-order valence-electron chi connectivity index (χ2n) is 5.90. The van der Waals surface area contributed by atoms with Crippen LogP contribution in [-0.4, -0.2) is 55.5 Å². The molecule has 25 heavy (non-hydrogen) atoms. The topological polar surface area (TPSA) is 57.7 Å². The summed E-state index contributed by atoms with van der Waals surface area (Å²) in [4.78, 5) is 13.7. The predicted molar refractivity (Wildman–Crippen MR) is 87.6 cm³/mol. The summed E-state index contributed by atoms with van der Waals surface area (Å²) in [6.45, 7) is 2.26. The van der Waals surface area contributed by atoms with E-state index in [2.05, 4.69) is 0 Å². The molecule has 0 N–H and O–H groups in total. The average molecular weight is 378 g/mol. The predicted octanol–water partition coefficient (Wildman–Crippen LogP) is 2.59. The molecule has 1 aromatic carbocycles. The molecule has 1 aliphatic rings. The lowest BCUT2D eigenvalue weighted by Crippen LogP contribution is -2.51. The molecule has 0 spiro atoms. The lowest BCUT2D eigenvalue weighted by molar-refractivity contribution is -0.138. The lowest BCUT2D eigenvalue weighted by Gasteiger charge is -2.34. The number of nitrogens with zero attached hydrogens (tertiary/aromatic N) is 2. The molecule has 1 amide bonds. The van der Waals surface area contributed by atoms with Gasteiger partial charge in [0, 0.05) is 26.2 Å². The molecule has 0 atom stereocenters. The first-order valence-corrected chi connectivity index (χ1v) is 9.71. The molecule has 1 heterocycles. The Balaban J connectivity index is 2.08. The Morgan fingerprint density at radius 1 is 1.12 bits per heavy atom. The van der Waals surface area contributed by atoms with E-state index in [1.165, 1.54) is 21.3 Å². The lowest BCUT2D eigenvalue weighted by atomic mass is 10.1. The van der Waals surface area contributed by atoms with E-state index in [1.54, 1.807) is 0 Å². The second-order valence-corrected chi connectivity index (χ2v) is 7.99. The summed E-state index contributed by atoms with van der Waals surface area (Å²) < 4.78 is 64.8. The number of halogens is 3. The molecule has 0 aliphatic carbocycles. The zero-order valence-electron chi connectivity index (χ0n) is 13.9. The Morgan fingerprint density at radius 2 is 1.72 bits per heavy atom. The molecule has 140 valence electrons. The van der Waals surface area contributed by atoms with Gasteiger partial charge in [0.25, 0.3) is 5.91 Å². The highest BCUT2D eigenvalue weighted by Crippen LogP contribution is 2.32. The molecule has 0 unspecified atom stereocenters. The van der Waals surface area contributed by atoms with Crippen molar-refractivity contribution in [1.29, 1.82) is 0 Å². The summed E-state index contributed by atoms with van der Waals surface area (Å²) >= 11 is 0. The molecule has 2 rings (SSSR count). The molecular weight excluding hydrogens is 357 g/mol. The van der Waals surface area contributed by atoms with Crippen LogP contribution in [0, 0.1) is 0 Å². The van der Waals surface area contributed by atoms with Crippen molar-refractivity contribution in [3.63, 3.8) is 0 Å². The second kappa shape index (κ2) is 7.74. The molecule has 1 aliphatic heterocycles. The van der Waals surface area contributed by atoms with Crippen molar-refractivity contribution < 1.29 is 26.4 Å². The minimum Gasteiger partial charge on any atom is -0.336 e. The van der Waals surface area contributed by atoms with Crippen molar-refractivity contribution >= 4 is 15.9 Å². The quantitative estimate of drug-likeness (QED) is 0.791. The maximum atomic E-state index is 13.1. The fraction of sp³-hybridized carbons (Fsp3) is 0.562. The number of hydrogen-bond donors (Lipinski definition) is 0. The monoisotopic (exact) mass is 378 g/mol. The Hall–Kier alpha value is -1.61. The van der Waals surface area contributed by atoms with E-state index in [4.69, 9.17) is 0 Å². The van der Waals surface area contributed by atoms with Crippen molar-refractivity contribution in [2.75, 3.05) is 31.9 Å². The van der Waals surface area contributed by atoms with Crippen LogP contribution < -0.4 is 0 Å². The molecule has 1 saturated heterocycles. The van der Waals surface area contributed by atoms with E-state index < -0.39 is 33.2 Å². The number of amides is 1. The maximum absolute atomic E-state index is 13.1. The number of unbranched alkanes of at least 4 members (excludes halogenated alkanes) is 1. The summed E-state index contributed by atoms with van der Waals surface area (Å²) in [5.74, 6) is -0.674. The fourth-order valence-electron chi connectivity index (χ4n) is 2.71. The zero-order valence-corrected chi connectivity index (χ0v) is 14.7. The SMILES string of the molecule is CCCCS(=O)(=O)N1CCN(C(=O)c2ccccc2C(F)(F)F)CC1. The van der Waals surface area contributed by atoms with Gasteiger partial charge in [-0.2, -0.15) is 17.5 Å². The van der Waals surface area contributed by atoms with Crippen molar-refractivity contribution in [1.82, 2.24) is 9.21 Å². The van der Waals surface area contributed by atoms with Gasteiger partial charge >= 0.3 is 6.18 Å². The van der Waals surface area contributed by atoms with Gasteiger partial charge in [-0.15, -0.1) is 0 Å². The van der Waals surface area contributed by atoms with Crippen LogP contribution in [0.4, 0.5) is 13.2 Å². The third-order valence-corrected chi connectivity index (χ3v) is 6.09. The molecule has 0 radical (unpaired) electrons. The van der Waals surface area contributed by atoms with E-state index >= 15 is 0 Å². The normalized spacial score (nSPS) is 16.9. The number of sulfonamides is 1. The van der Waals surface area contributed by atoms with Gasteiger partial charge in [-0.3, -0.25) is 4.79 Å². The zero-order chi connectivity index (χ0) is 18.7. The number of piperazine rings is 1. The van der Waals surface area contributed by atoms with Gasteiger partial charge in [-0.05, 0) is 18.6 Å². The van der Waals surface area contributed by atoms with Crippen LogP contribution in [0.5, 0.6) is 0 Å². The van der Waals surface area contributed by atoms with E-state index in [1.807, 2.05) is 6.92 Å². The van der Waals surface area contributed by atoms with Gasteiger partial charge in [0.05, 0.1) is 16.9 Å². The Morgan fingerprint density at radius 3 is 2.28 bits per heavy atom. The summed E-state index contributed by atoms with van der Waals surface area (Å²) in [7, 11) is -3.38. The highest BCUT2D eigenvalue weighted by atomic mass is 32.2. The van der Waals surface area contributed by atoms with Crippen LogP contribution in [0.2, 0.25) is 0 Å². The Bertz CT molecular complexity index is 712. The molecule has 0 bridgehead atoms. The number of hydrogen-bond acceptors (Lipinski definition) is 3. The van der Waals surface area contributed by atoms with E-state index in [0.29, 0.717) is 6.42 Å². The molecule has 5 nitrogen and oxygen atoms in total. The molecule has 1 aromatic rings. The summed E-state index contributed by atoms with van der Waals surface area (Å²) in [6.07, 6.45) is -3.30. The van der Waals surface area contributed by atoms with E-state index in [0.717, 1.165) is 18.6 Å². The fourth-order valence-corrected chi connectivity index (χ4v) is 4.34. The van der Waals surface area contributed by atoms with Crippen LogP contribution >= 0.6 is 0 Å². The summed E-state index contributed by atoms with van der Waals surface area (Å²) in [5.41, 5.74) is -1.38. The van der Waals surface area contributed by atoms with Gasteiger partial charge in [0.1, 0.15) is 0 Å². The average Bonchev–Trinajstić information content (AvgIpc) is 2.59. The minimum atomic E-state index is -4.61. The first-order chi connectivity index (χ1) is 11.7. The summed E-state index contributed by atoms with van der Waals surface area (Å²) in [6, 6.07) is 4.64. The van der Waals surface area contributed by atoms with Gasteiger partial charge in [-0.25, -0.2) is 8.42 Å². The maximum Gasteiger partial charge on any atom is 0.417 e. The van der Waals surface area contributed by atoms with Crippen molar-refractivity contribution in [2.24, 2.45) is 0 Å². The first kappa shape index (κ1) is 19.7. The first-order valence-electron chi connectivity index (χ1n) is 8.10. The number of carbonyl (C=O) groups is 1. The highest BCUT2D eigenvalue weighted by Gasteiger charge is 2.37. The van der Waals surface area contributed by atoms with Crippen LogP contribution in [-0.2, 0) is 16.2 Å². The molecule has 0 aromatic heterocycles. The van der Waals surface area contributed by atoms with Crippen molar-refractivity contribution in [3.8, 4) is 0 Å². The van der Waals surface area contributed by atoms with Gasteiger partial charge in [-0.1, -0.05) is 25.5 Å². The Labute approximate surface area is 145 Å². The molecular formula is C16H21F3N2O3S. The van der Waals surface area contributed by atoms with Gasteiger partial charge in [0.2, 0.25) is 10.0 Å². The molecule has 9 heteroatoms. The Kier molecular flexibility index (Phi) is 6.10. The van der Waals surface area contributed by atoms with Crippen LogP contribution in [0.15, 0.2) is 24.3 Å². The third-order valence-electron chi connectivity index (χ3n) is 4.14. The van der Waals surface area contributed by atoms with Crippen LogP contribution in [0.25, 0.3) is 0 Å². The number of alkyl halides is 3.